The maximum Gasteiger partial charge on any atom is 0.254 e. The summed E-state index contributed by atoms with van der Waals surface area (Å²) in [5.74, 6) is 0.228. The van der Waals surface area contributed by atoms with Crippen LogP contribution in [0.2, 0.25) is 0 Å². The summed E-state index contributed by atoms with van der Waals surface area (Å²) in [7, 11) is 1.61. The van der Waals surface area contributed by atoms with Crippen molar-refractivity contribution in [2.24, 2.45) is 7.05 Å². The summed E-state index contributed by atoms with van der Waals surface area (Å²) in [5.41, 5.74) is 9.53. The molecule has 0 radical (unpaired) electrons. The van der Waals surface area contributed by atoms with E-state index >= 15 is 0 Å². The lowest BCUT2D eigenvalue weighted by Crippen LogP contribution is -2.21. The first-order valence-electron chi connectivity index (χ1n) is 7.61. The van der Waals surface area contributed by atoms with E-state index in [2.05, 4.69) is 16.0 Å². The lowest BCUT2D eigenvalue weighted by molar-refractivity contribution is 0.825. The van der Waals surface area contributed by atoms with Gasteiger partial charge in [-0.05, 0) is 28.8 Å². The largest absolute Gasteiger partial charge is 0.369 e. The lowest BCUT2D eigenvalue weighted by atomic mass is 10.1. The second-order valence-corrected chi connectivity index (χ2v) is 5.54. The maximum atomic E-state index is 11.8. The number of nitrogen functional groups attached to an aromatic ring is 1. The minimum atomic E-state index is -0.147. The highest BCUT2D eigenvalue weighted by Gasteiger charge is 2.04. The standard InChI is InChI=1S/C19H18N4O/c1-23-18(24)13-17(22-19(23)20)12-16-4-2-3-15(11-16)6-5-14-7-9-21-10-8-14/h2-11,13H,12H2,1H3,(H2,20,22)/b6-5+. The predicted molar refractivity (Wildman–Crippen MR) is 96.3 cm³/mol. The van der Waals surface area contributed by atoms with Gasteiger partial charge in [0.05, 0.1) is 5.69 Å². The van der Waals surface area contributed by atoms with Gasteiger partial charge in [-0.25, -0.2) is 4.98 Å². The number of aromatic nitrogens is 3. The van der Waals surface area contributed by atoms with Crippen LogP contribution in [0.25, 0.3) is 12.2 Å². The normalized spacial score (nSPS) is 11.0. The molecular weight excluding hydrogens is 300 g/mol. The van der Waals surface area contributed by atoms with E-state index in [4.69, 9.17) is 5.73 Å². The Morgan fingerprint density at radius 3 is 2.58 bits per heavy atom. The molecule has 2 N–H and O–H groups in total. The Hall–Kier alpha value is -3.21. The van der Waals surface area contributed by atoms with Gasteiger partial charge in [-0.3, -0.25) is 14.3 Å². The van der Waals surface area contributed by atoms with E-state index in [0.717, 1.165) is 16.7 Å². The van der Waals surface area contributed by atoms with Crippen LogP contribution in [0.5, 0.6) is 0 Å². The fourth-order valence-corrected chi connectivity index (χ4v) is 2.38. The Labute approximate surface area is 140 Å². The summed E-state index contributed by atoms with van der Waals surface area (Å²) in [5, 5.41) is 0. The first-order valence-corrected chi connectivity index (χ1v) is 7.61. The number of nitrogens with zero attached hydrogens (tertiary/aromatic N) is 3. The van der Waals surface area contributed by atoms with Crippen LogP contribution in [0.3, 0.4) is 0 Å². The molecule has 0 amide bonds. The smallest absolute Gasteiger partial charge is 0.254 e. The third-order valence-corrected chi connectivity index (χ3v) is 3.73. The molecule has 2 heterocycles. The first kappa shape index (κ1) is 15.7. The molecule has 0 fully saturated rings. The molecule has 0 aliphatic carbocycles. The lowest BCUT2D eigenvalue weighted by Gasteiger charge is -2.06. The van der Waals surface area contributed by atoms with Gasteiger partial charge in [0.25, 0.3) is 5.56 Å². The number of anilines is 1. The monoisotopic (exact) mass is 318 g/mol. The van der Waals surface area contributed by atoms with Gasteiger partial charge in [0.2, 0.25) is 5.95 Å². The van der Waals surface area contributed by atoms with Crippen molar-refractivity contribution < 1.29 is 0 Å². The minimum Gasteiger partial charge on any atom is -0.369 e. The van der Waals surface area contributed by atoms with E-state index in [-0.39, 0.29) is 11.5 Å². The Balaban J connectivity index is 1.81. The molecular formula is C19H18N4O. The van der Waals surface area contributed by atoms with Crippen LogP contribution in [0.15, 0.2) is 59.7 Å². The van der Waals surface area contributed by atoms with Gasteiger partial charge in [-0.2, -0.15) is 0 Å². The topological polar surface area (TPSA) is 73.8 Å². The van der Waals surface area contributed by atoms with E-state index < -0.39 is 0 Å². The highest BCUT2D eigenvalue weighted by atomic mass is 16.1. The van der Waals surface area contributed by atoms with Crippen LogP contribution < -0.4 is 11.3 Å². The van der Waals surface area contributed by atoms with Crippen LogP contribution >= 0.6 is 0 Å². The van der Waals surface area contributed by atoms with Gasteiger partial charge in [0.15, 0.2) is 0 Å². The zero-order chi connectivity index (χ0) is 16.9. The average Bonchev–Trinajstić information content (AvgIpc) is 2.59. The van der Waals surface area contributed by atoms with E-state index in [1.807, 2.05) is 42.5 Å². The molecule has 0 aliphatic heterocycles. The molecule has 120 valence electrons. The van der Waals surface area contributed by atoms with E-state index in [1.54, 1.807) is 19.4 Å². The molecule has 0 saturated carbocycles. The molecule has 1 aromatic carbocycles. The summed E-state index contributed by atoms with van der Waals surface area (Å²) in [4.78, 5) is 20.1. The number of hydrogen-bond acceptors (Lipinski definition) is 4. The summed E-state index contributed by atoms with van der Waals surface area (Å²) in [6.07, 6.45) is 8.18. The fourth-order valence-electron chi connectivity index (χ4n) is 2.38. The molecule has 0 unspecified atom stereocenters. The number of benzene rings is 1. The molecule has 24 heavy (non-hydrogen) atoms. The summed E-state index contributed by atoms with van der Waals surface area (Å²) in [6.45, 7) is 0. The second-order valence-electron chi connectivity index (χ2n) is 5.54. The number of rotatable bonds is 4. The highest BCUT2D eigenvalue weighted by Crippen LogP contribution is 2.13. The first-order chi connectivity index (χ1) is 11.6. The molecule has 0 atom stereocenters. The second kappa shape index (κ2) is 6.91. The van der Waals surface area contributed by atoms with Crippen molar-refractivity contribution in [3.8, 4) is 0 Å². The summed E-state index contributed by atoms with van der Waals surface area (Å²) < 4.78 is 1.33. The summed E-state index contributed by atoms with van der Waals surface area (Å²) >= 11 is 0. The van der Waals surface area contributed by atoms with Crippen LogP contribution in [-0.4, -0.2) is 14.5 Å². The molecule has 0 aliphatic rings. The highest BCUT2D eigenvalue weighted by molar-refractivity contribution is 5.69. The van der Waals surface area contributed by atoms with Crippen LogP contribution in [-0.2, 0) is 13.5 Å². The molecule has 0 spiro atoms. The number of hydrogen-bond donors (Lipinski definition) is 1. The molecule has 0 bridgehead atoms. The minimum absolute atomic E-state index is 0.147. The van der Waals surface area contributed by atoms with Gasteiger partial charge in [0, 0.05) is 31.9 Å². The Morgan fingerprint density at radius 2 is 1.83 bits per heavy atom. The molecule has 3 rings (SSSR count). The van der Waals surface area contributed by atoms with Crippen LogP contribution in [0.4, 0.5) is 5.95 Å². The third-order valence-electron chi connectivity index (χ3n) is 3.73. The average molecular weight is 318 g/mol. The predicted octanol–water partition coefficient (Wildman–Crippen LogP) is 2.52. The van der Waals surface area contributed by atoms with Crippen molar-refractivity contribution in [3.05, 3.63) is 87.6 Å². The molecule has 2 aromatic heterocycles. The van der Waals surface area contributed by atoms with Gasteiger partial charge in [0.1, 0.15) is 0 Å². The van der Waals surface area contributed by atoms with Crippen molar-refractivity contribution in [2.75, 3.05) is 5.73 Å². The summed E-state index contributed by atoms with van der Waals surface area (Å²) in [6, 6.07) is 13.5. The maximum absolute atomic E-state index is 11.8. The Bertz CT molecular complexity index is 930. The Morgan fingerprint density at radius 1 is 1.08 bits per heavy atom. The van der Waals surface area contributed by atoms with E-state index in [1.165, 1.54) is 10.6 Å². The van der Waals surface area contributed by atoms with Crippen LogP contribution in [0.1, 0.15) is 22.4 Å². The number of pyridine rings is 1. The quantitative estimate of drug-likeness (QED) is 0.802. The van der Waals surface area contributed by atoms with Crippen molar-refractivity contribution in [3.63, 3.8) is 0 Å². The van der Waals surface area contributed by atoms with Crippen molar-refractivity contribution in [1.82, 2.24) is 14.5 Å². The van der Waals surface area contributed by atoms with E-state index in [9.17, 15) is 4.79 Å². The number of nitrogens with two attached hydrogens (primary N) is 1. The molecule has 5 heteroatoms. The van der Waals surface area contributed by atoms with Gasteiger partial charge in [-0.1, -0.05) is 36.4 Å². The van der Waals surface area contributed by atoms with Gasteiger partial charge in [-0.15, -0.1) is 0 Å². The molecule has 0 saturated heterocycles. The molecule has 3 aromatic rings. The fraction of sp³-hybridized carbons (Fsp3) is 0.105. The van der Waals surface area contributed by atoms with Crippen molar-refractivity contribution >= 4 is 18.1 Å². The zero-order valence-corrected chi connectivity index (χ0v) is 13.4. The van der Waals surface area contributed by atoms with Gasteiger partial charge < -0.3 is 5.73 Å². The van der Waals surface area contributed by atoms with Gasteiger partial charge >= 0.3 is 0 Å². The SMILES string of the molecule is Cn1c(N)nc(Cc2cccc(/C=C/c3ccncc3)c2)cc1=O. The third kappa shape index (κ3) is 3.76. The van der Waals surface area contributed by atoms with Crippen LogP contribution in [0, 0.1) is 0 Å². The Kier molecular flexibility index (Phi) is 4.52. The van der Waals surface area contributed by atoms with Crippen molar-refractivity contribution in [1.29, 1.82) is 0 Å². The zero-order valence-electron chi connectivity index (χ0n) is 13.4. The van der Waals surface area contributed by atoms with Crippen molar-refractivity contribution in [2.45, 2.75) is 6.42 Å². The molecule has 5 nitrogen and oxygen atoms in total. The van der Waals surface area contributed by atoms with E-state index in [0.29, 0.717) is 12.1 Å².